The van der Waals surface area contributed by atoms with Crippen LogP contribution in [0, 0.1) is 0 Å². The number of hydrogen-bond acceptors (Lipinski definition) is 2. The maximum Gasteiger partial charge on any atom is 0.245 e. The van der Waals surface area contributed by atoms with E-state index in [0.717, 1.165) is 18.5 Å². The van der Waals surface area contributed by atoms with E-state index in [0.29, 0.717) is 5.66 Å². The van der Waals surface area contributed by atoms with E-state index in [4.69, 9.17) is 0 Å². The molecular formula is C19H20N4. The first-order valence-corrected chi connectivity index (χ1v) is 9.33. The standard InChI is InChI=1S/C19H20N4/c1-3-14-10-16-5-7-18-8-6-17-11-15-4-2-13-9-12(1)20(14)19(21(13)15,22(16)18)23(17)18/h1-4,16-17H,5-11H2. The van der Waals surface area contributed by atoms with Crippen LogP contribution in [0.25, 0.3) is 0 Å². The van der Waals surface area contributed by atoms with Gasteiger partial charge in [0.15, 0.2) is 0 Å². The maximum atomic E-state index is 2.96. The fourth-order valence-corrected chi connectivity index (χ4v) is 7.58. The summed E-state index contributed by atoms with van der Waals surface area (Å²) in [6.07, 6.45) is 9.17. The zero-order chi connectivity index (χ0) is 14.6. The van der Waals surface area contributed by atoms with E-state index >= 15 is 0 Å². The van der Waals surface area contributed by atoms with Gasteiger partial charge >= 0.3 is 0 Å². The summed E-state index contributed by atoms with van der Waals surface area (Å²) in [4.78, 5) is 5.92. The fraction of sp³-hybridized carbons (Fsp3) is 0.579. The van der Waals surface area contributed by atoms with Crippen LogP contribution in [-0.4, -0.2) is 36.7 Å². The van der Waals surface area contributed by atoms with Crippen molar-refractivity contribution >= 4 is 0 Å². The van der Waals surface area contributed by atoms with Gasteiger partial charge in [-0.15, -0.1) is 0 Å². The lowest BCUT2D eigenvalue weighted by atomic mass is 9.92. The molecule has 0 aromatic carbocycles. The quantitative estimate of drug-likeness (QED) is 0.741. The SMILES string of the molecule is c1cc2n3c1Cc1ccc4n1C31N3C(CCC35CCC(C4)N51)C2. The molecule has 2 aromatic rings. The van der Waals surface area contributed by atoms with E-state index in [1.54, 1.807) is 11.4 Å². The van der Waals surface area contributed by atoms with Crippen molar-refractivity contribution in [3.63, 3.8) is 0 Å². The number of aromatic nitrogens is 2. The molecule has 8 rings (SSSR count). The van der Waals surface area contributed by atoms with Crippen LogP contribution in [0.5, 0.6) is 0 Å². The Morgan fingerprint density at radius 2 is 1.26 bits per heavy atom. The van der Waals surface area contributed by atoms with Crippen LogP contribution in [-0.2, 0) is 25.2 Å². The van der Waals surface area contributed by atoms with Crippen molar-refractivity contribution in [2.75, 3.05) is 0 Å². The second-order valence-electron chi connectivity index (χ2n) is 8.60. The minimum atomic E-state index is -0.000579. The van der Waals surface area contributed by atoms with Gasteiger partial charge in [0.1, 0.15) is 0 Å². The first-order valence-electron chi connectivity index (χ1n) is 9.33. The fourth-order valence-electron chi connectivity index (χ4n) is 7.58. The van der Waals surface area contributed by atoms with Gasteiger partial charge in [-0.2, -0.15) is 0 Å². The Balaban J connectivity index is 1.59. The van der Waals surface area contributed by atoms with Crippen LogP contribution < -0.4 is 0 Å². The summed E-state index contributed by atoms with van der Waals surface area (Å²) in [5.74, 6) is -0.000579. The van der Waals surface area contributed by atoms with Crippen LogP contribution in [0.1, 0.15) is 48.5 Å². The molecule has 0 N–H and O–H groups in total. The van der Waals surface area contributed by atoms with Gasteiger partial charge in [0.05, 0.1) is 5.66 Å². The van der Waals surface area contributed by atoms with E-state index in [9.17, 15) is 0 Å². The molecule has 0 aliphatic carbocycles. The number of rotatable bonds is 0. The molecule has 0 saturated carbocycles. The van der Waals surface area contributed by atoms with Gasteiger partial charge in [0.2, 0.25) is 5.91 Å². The van der Waals surface area contributed by atoms with E-state index in [-0.39, 0.29) is 5.91 Å². The third kappa shape index (κ3) is 0.818. The third-order valence-corrected chi connectivity index (χ3v) is 7.97. The zero-order valence-corrected chi connectivity index (χ0v) is 13.2. The Morgan fingerprint density at radius 1 is 0.739 bits per heavy atom. The van der Waals surface area contributed by atoms with Crippen LogP contribution >= 0.6 is 0 Å². The van der Waals surface area contributed by atoms with Crippen molar-refractivity contribution in [3.05, 3.63) is 47.0 Å². The largest absolute Gasteiger partial charge is 0.299 e. The summed E-state index contributed by atoms with van der Waals surface area (Å²) in [6, 6.07) is 11.2. The van der Waals surface area contributed by atoms with Gasteiger partial charge in [-0.1, -0.05) is 0 Å². The minimum Gasteiger partial charge on any atom is -0.299 e. The highest BCUT2D eigenvalue weighted by molar-refractivity contribution is 5.41. The molecule has 0 radical (unpaired) electrons. The molecule has 4 heteroatoms. The summed E-state index contributed by atoms with van der Waals surface area (Å²) in [5.41, 5.74) is 6.61. The highest BCUT2D eigenvalue weighted by Crippen LogP contribution is 2.68. The van der Waals surface area contributed by atoms with Gasteiger partial charge < -0.3 is 0 Å². The molecule has 3 fully saturated rings. The lowest BCUT2D eigenvalue weighted by Crippen LogP contribution is -2.90. The average molecular weight is 304 g/mol. The van der Waals surface area contributed by atoms with Gasteiger partial charge in [-0.05, 0) is 49.9 Å². The van der Waals surface area contributed by atoms with Crippen LogP contribution in [0.2, 0.25) is 0 Å². The summed E-state index contributed by atoms with van der Waals surface area (Å²) < 4.78 is 5.47. The monoisotopic (exact) mass is 304 g/mol. The Labute approximate surface area is 135 Å². The number of hydrogen-bond donors (Lipinski definition) is 0. The van der Waals surface area contributed by atoms with Crippen molar-refractivity contribution in [3.8, 4) is 0 Å². The molecule has 6 aliphatic rings. The summed E-state index contributed by atoms with van der Waals surface area (Å²) in [5, 5.41) is 0. The topological polar surface area (TPSA) is 16.3 Å². The van der Waals surface area contributed by atoms with Crippen molar-refractivity contribution in [2.24, 2.45) is 0 Å². The molecule has 2 atom stereocenters. The highest BCUT2D eigenvalue weighted by atomic mass is 15.8. The molecule has 8 heterocycles. The second-order valence-corrected chi connectivity index (χ2v) is 8.60. The number of nitrogens with zero attached hydrogens (tertiary/aromatic N) is 4. The summed E-state index contributed by atoms with van der Waals surface area (Å²) in [6.45, 7) is 0. The predicted molar refractivity (Wildman–Crippen MR) is 84.9 cm³/mol. The molecule has 2 unspecified atom stereocenters. The normalized spacial score (nSPS) is 44.2. The average Bonchev–Trinajstić information content (AvgIpc) is 3.27. The predicted octanol–water partition coefficient (Wildman–Crippen LogP) is 2.06. The van der Waals surface area contributed by atoms with Gasteiger partial charge in [0.25, 0.3) is 0 Å². The lowest BCUT2D eigenvalue weighted by Gasteiger charge is -2.75. The molecular weight excluding hydrogens is 284 g/mol. The van der Waals surface area contributed by atoms with E-state index in [1.165, 1.54) is 49.9 Å². The molecule has 3 saturated heterocycles. The van der Waals surface area contributed by atoms with Gasteiger partial charge in [-0.25, -0.2) is 9.80 Å². The van der Waals surface area contributed by atoms with Crippen molar-refractivity contribution in [1.29, 1.82) is 0 Å². The van der Waals surface area contributed by atoms with E-state index < -0.39 is 0 Å². The minimum absolute atomic E-state index is 0.000579. The molecule has 2 spiro atoms. The Morgan fingerprint density at radius 3 is 1.83 bits per heavy atom. The van der Waals surface area contributed by atoms with Crippen LogP contribution in [0.3, 0.4) is 0 Å². The molecule has 4 nitrogen and oxygen atoms in total. The Hall–Kier alpha value is -1.52. The summed E-state index contributed by atoms with van der Waals surface area (Å²) >= 11 is 0. The molecule has 23 heavy (non-hydrogen) atoms. The molecule has 116 valence electrons. The van der Waals surface area contributed by atoms with E-state index in [2.05, 4.69) is 43.2 Å². The third-order valence-electron chi connectivity index (χ3n) is 7.97. The molecule has 6 aliphatic heterocycles. The lowest BCUT2D eigenvalue weighted by molar-refractivity contribution is -0.375. The van der Waals surface area contributed by atoms with E-state index in [1.807, 2.05) is 0 Å². The second kappa shape index (κ2) is 2.93. The van der Waals surface area contributed by atoms with Crippen molar-refractivity contribution in [1.82, 2.24) is 18.9 Å². The Kier molecular flexibility index (Phi) is 1.42. The van der Waals surface area contributed by atoms with Crippen LogP contribution in [0.15, 0.2) is 24.3 Å². The highest BCUT2D eigenvalue weighted by Gasteiger charge is 2.80. The molecule has 2 aromatic heterocycles. The van der Waals surface area contributed by atoms with Crippen molar-refractivity contribution in [2.45, 2.75) is 68.6 Å². The molecule has 0 bridgehead atoms. The molecule has 0 amide bonds. The smallest absolute Gasteiger partial charge is 0.245 e. The zero-order valence-electron chi connectivity index (χ0n) is 13.2. The van der Waals surface area contributed by atoms with Gasteiger partial charge in [-0.3, -0.25) is 9.13 Å². The maximum absolute atomic E-state index is 2.96. The van der Waals surface area contributed by atoms with Crippen LogP contribution in [0.4, 0.5) is 0 Å². The first-order chi connectivity index (χ1) is 11.3. The summed E-state index contributed by atoms with van der Waals surface area (Å²) in [7, 11) is 0. The Bertz CT molecular complexity index is 844. The van der Waals surface area contributed by atoms with Gasteiger partial charge in [0, 0.05) is 54.1 Å². The van der Waals surface area contributed by atoms with Crippen molar-refractivity contribution < 1.29 is 0 Å². The first kappa shape index (κ1) is 11.1.